The Morgan fingerprint density at radius 2 is 1.79 bits per heavy atom. The highest BCUT2D eigenvalue weighted by atomic mass is 79.9. The van der Waals surface area contributed by atoms with Crippen LogP contribution in [0.3, 0.4) is 0 Å². The van der Waals surface area contributed by atoms with Crippen LogP contribution in [0.25, 0.3) is 0 Å². The van der Waals surface area contributed by atoms with E-state index in [2.05, 4.69) is 15.9 Å². The molecule has 5 nitrogen and oxygen atoms in total. The third-order valence-corrected chi connectivity index (χ3v) is 3.54. The van der Waals surface area contributed by atoms with Gasteiger partial charge in [-0.15, -0.1) is 0 Å². The summed E-state index contributed by atoms with van der Waals surface area (Å²) in [6.45, 7) is 4.68. The molecule has 0 saturated carbocycles. The molecule has 0 aliphatic carbocycles. The standard InChI is InChI=1S/C18H17BrO5/c1-11(2)10-23-14-6-3-12(4-7-14)18(22)24-16-8-5-13(19)9-15(16)17(20)21/h3-9,11H,10H2,1-2H3,(H,20,21). The fourth-order valence-corrected chi connectivity index (χ4v) is 2.23. The smallest absolute Gasteiger partial charge is 0.343 e. The van der Waals surface area contributed by atoms with Gasteiger partial charge < -0.3 is 14.6 Å². The predicted molar refractivity (Wildman–Crippen MR) is 92.8 cm³/mol. The Bertz CT molecular complexity index is 738. The van der Waals surface area contributed by atoms with Crippen LogP contribution in [0.5, 0.6) is 11.5 Å². The van der Waals surface area contributed by atoms with Crippen molar-refractivity contribution in [3.8, 4) is 11.5 Å². The molecule has 2 aromatic carbocycles. The van der Waals surface area contributed by atoms with Crippen LogP contribution in [0.15, 0.2) is 46.9 Å². The first kappa shape index (κ1) is 18.0. The third-order valence-electron chi connectivity index (χ3n) is 3.05. The lowest BCUT2D eigenvalue weighted by Crippen LogP contribution is -2.11. The van der Waals surface area contributed by atoms with Crippen molar-refractivity contribution in [3.05, 3.63) is 58.1 Å². The quantitative estimate of drug-likeness (QED) is 0.582. The van der Waals surface area contributed by atoms with Gasteiger partial charge in [-0.05, 0) is 48.4 Å². The summed E-state index contributed by atoms with van der Waals surface area (Å²) < 4.78 is 11.3. The van der Waals surface area contributed by atoms with Crippen LogP contribution >= 0.6 is 15.9 Å². The van der Waals surface area contributed by atoms with E-state index in [-0.39, 0.29) is 11.3 Å². The maximum atomic E-state index is 12.2. The topological polar surface area (TPSA) is 72.8 Å². The van der Waals surface area contributed by atoms with E-state index >= 15 is 0 Å². The molecular formula is C18H17BrO5. The van der Waals surface area contributed by atoms with Gasteiger partial charge in [0.05, 0.1) is 12.2 Å². The molecule has 0 amide bonds. The normalized spacial score (nSPS) is 10.5. The molecule has 1 N–H and O–H groups in total. The Morgan fingerprint density at radius 1 is 1.12 bits per heavy atom. The Morgan fingerprint density at radius 3 is 2.38 bits per heavy atom. The molecule has 6 heteroatoms. The van der Waals surface area contributed by atoms with Crippen molar-refractivity contribution >= 4 is 27.9 Å². The second kappa shape index (κ2) is 7.97. The average Bonchev–Trinajstić information content (AvgIpc) is 2.54. The fraction of sp³-hybridized carbons (Fsp3) is 0.222. The highest BCUT2D eigenvalue weighted by molar-refractivity contribution is 9.10. The van der Waals surface area contributed by atoms with Gasteiger partial charge in [-0.3, -0.25) is 0 Å². The zero-order valence-electron chi connectivity index (χ0n) is 13.3. The number of carbonyl (C=O) groups is 2. The molecule has 0 aromatic heterocycles. The van der Waals surface area contributed by atoms with Gasteiger partial charge in [0.15, 0.2) is 0 Å². The molecule has 0 atom stereocenters. The Kier molecular flexibility index (Phi) is 5.98. The van der Waals surface area contributed by atoms with Gasteiger partial charge >= 0.3 is 11.9 Å². The van der Waals surface area contributed by atoms with Gasteiger partial charge in [0, 0.05) is 4.47 Å². The van der Waals surface area contributed by atoms with Crippen molar-refractivity contribution < 1.29 is 24.2 Å². The lowest BCUT2D eigenvalue weighted by atomic mass is 10.2. The van der Waals surface area contributed by atoms with E-state index in [0.29, 0.717) is 28.3 Å². The number of hydrogen-bond acceptors (Lipinski definition) is 4. The first-order valence-electron chi connectivity index (χ1n) is 7.34. The summed E-state index contributed by atoms with van der Waals surface area (Å²) in [6, 6.07) is 10.9. The van der Waals surface area contributed by atoms with Crippen LogP contribution < -0.4 is 9.47 Å². The second-order valence-corrected chi connectivity index (χ2v) is 6.48. The molecule has 0 radical (unpaired) electrons. The maximum Gasteiger partial charge on any atom is 0.343 e. The molecule has 126 valence electrons. The van der Waals surface area contributed by atoms with Gasteiger partial charge in [-0.2, -0.15) is 0 Å². The Hall–Kier alpha value is -2.34. The summed E-state index contributed by atoms with van der Waals surface area (Å²) in [6.07, 6.45) is 0. The first-order chi connectivity index (χ1) is 11.4. The van der Waals surface area contributed by atoms with Gasteiger partial charge in [-0.1, -0.05) is 29.8 Å². The predicted octanol–water partition coefficient (Wildman–Crippen LogP) is 4.40. The Balaban J connectivity index is 2.11. The molecule has 0 unspecified atom stereocenters. The number of carboxylic acid groups (broad SMARTS) is 1. The lowest BCUT2D eigenvalue weighted by Gasteiger charge is -2.10. The third kappa shape index (κ3) is 4.83. The SMILES string of the molecule is CC(C)COc1ccc(C(=O)Oc2ccc(Br)cc2C(=O)O)cc1. The zero-order chi connectivity index (χ0) is 17.7. The van der Waals surface area contributed by atoms with Crippen LogP contribution in [0.2, 0.25) is 0 Å². The van der Waals surface area contributed by atoms with Crippen molar-refractivity contribution in [3.63, 3.8) is 0 Å². The fourth-order valence-electron chi connectivity index (χ4n) is 1.87. The minimum atomic E-state index is -1.17. The average molecular weight is 393 g/mol. The van der Waals surface area contributed by atoms with E-state index in [9.17, 15) is 14.7 Å². The van der Waals surface area contributed by atoms with E-state index in [1.165, 1.54) is 12.1 Å². The molecule has 2 aromatic rings. The number of halogens is 1. The number of carboxylic acids is 1. The van der Waals surface area contributed by atoms with Crippen molar-refractivity contribution in [2.24, 2.45) is 5.92 Å². The number of aromatic carboxylic acids is 1. The molecule has 2 rings (SSSR count). The number of hydrogen-bond donors (Lipinski definition) is 1. The van der Waals surface area contributed by atoms with Crippen LogP contribution in [-0.4, -0.2) is 23.7 Å². The number of carbonyl (C=O) groups excluding carboxylic acids is 1. The largest absolute Gasteiger partial charge is 0.493 e. The minimum absolute atomic E-state index is 0.00386. The summed E-state index contributed by atoms with van der Waals surface area (Å²) in [4.78, 5) is 23.4. The van der Waals surface area contributed by atoms with Crippen LogP contribution in [-0.2, 0) is 0 Å². The highest BCUT2D eigenvalue weighted by Gasteiger charge is 2.16. The molecule has 0 spiro atoms. The van der Waals surface area contributed by atoms with E-state index in [1.54, 1.807) is 30.3 Å². The van der Waals surface area contributed by atoms with E-state index in [0.717, 1.165) is 0 Å². The monoisotopic (exact) mass is 392 g/mol. The first-order valence-corrected chi connectivity index (χ1v) is 8.14. The number of ether oxygens (including phenoxy) is 2. The summed E-state index contributed by atoms with van der Waals surface area (Å²) >= 11 is 3.19. The zero-order valence-corrected chi connectivity index (χ0v) is 14.9. The van der Waals surface area contributed by atoms with Crippen LogP contribution in [0.1, 0.15) is 34.6 Å². The van der Waals surface area contributed by atoms with Gasteiger partial charge in [0.25, 0.3) is 0 Å². The van der Waals surface area contributed by atoms with Gasteiger partial charge in [0.1, 0.15) is 17.1 Å². The van der Waals surface area contributed by atoms with E-state index in [4.69, 9.17) is 9.47 Å². The van der Waals surface area contributed by atoms with Crippen LogP contribution in [0, 0.1) is 5.92 Å². The van der Waals surface area contributed by atoms with Crippen molar-refractivity contribution in [2.45, 2.75) is 13.8 Å². The Labute approximate surface area is 148 Å². The summed E-state index contributed by atoms with van der Waals surface area (Å²) in [5, 5.41) is 9.19. The van der Waals surface area contributed by atoms with Gasteiger partial charge in [0.2, 0.25) is 0 Å². The molecule has 0 bridgehead atoms. The van der Waals surface area contributed by atoms with Crippen LogP contribution in [0.4, 0.5) is 0 Å². The molecule has 0 aliphatic heterocycles. The lowest BCUT2D eigenvalue weighted by molar-refractivity contribution is 0.0681. The van der Waals surface area contributed by atoms with Gasteiger partial charge in [-0.25, -0.2) is 9.59 Å². The van der Waals surface area contributed by atoms with Crippen molar-refractivity contribution in [1.82, 2.24) is 0 Å². The van der Waals surface area contributed by atoms with E-state index in [1.807, 2.05) is 13.8 Å². The minimum Gasteiger partial charge on any atom is -0.493 e. The molecular weight excluding hydrogens is 376 g/mol. The molecule has 0 aliphatic rings. The van der Waals surface area contributed by atoms with Crippen molar-refractivity contribution in [2.75, 3.05) is 6.61 Å². The molecule has 0 saturated heterocycles. The number of benzene rings is 2. The van der Waals surface area contributed by atoms with Crippen molar-refractivity contribution in [1.29, 1.82) is 0 Å². The molecule has 0 fully saturated rings. The second-order valence-electron chi connectivity index (χ2n) is 5.56. The number of esters is 1. The molecule has 0 heterocycles. The maximum absolute atomic E-state index is 12.2. The highest BCUT2D eigenvalue weighted by Crippen LogP contribution is 2.24. The summed E-state index contributed by atoms with van der Waals surface area (Å²) in [5.74, 6) is -0.737. The summed E-state index contributed by atoms with van der Waals surface area (Å²) in [5.41, 5.74) is 0.223. The van der Waals surface area contributed by atoms with E-state index < -0.39 is 11.9 Å². The summed E-state index contributed by atoms with van der Waals surface area (Å²) in [7, 11) is 0. The molecule has 24 heavy (non-hydrogen) atoms. The number of rotatable bonds is 6.